The highest BCUT2D eigenvalue weighted by Gasteiger charge is 2.35. The van der Waals surface area contributed by atoms with E-state index in [-0.39, 0.29) is 24.7 Å². The number of nitrogens with zero attached hydrogens (tertiary/aromatic N) is 3. The fraction of sp³-hybridized carbons (Fsp3) is 0.462. The van der Waals surface area contributed by atoms with Crippen molar-refractivity contribution in [1.82, 2.24) is 9.78 Å². The summed E-state index contributed by atoms with van der Waals surface area (Å²) < 4.78 is 21.7. The number of nitrogens with one attached hydrogen (secondary N) is 1. The number of aliphatic hydroxyl groups is 2. The highest BCUT2D eigenvalue weighted by molar-refractivity contribution is 6.07. The Labute approximate surface area is 205 Å². The number of aromatic nitrogens is 2. The van der Waals surface area contributed by atoms with Crippen LogP contribution in [-0.2, 0) is 6.42 Å². The van der Waals surface area contributed by atoms with E-state index >= 15 is 0 Å². The third kappa shape index (κ3) is 5.91. The van der Waals surface area contributed by atoms with E-state index in [9.17, 15) is 19.4 Å². The standard InChI is InChI=1S/C26H35FN4O4/c1-5-7-10-31-24(18(3)4)20(15-28-31)25(34)29-21-13-19(6-2)23(35-17-33)14-22(21)30-11-8-26(27,16-32)9-12-30/h5,7,10,13-15,18,32-33H,1,6,8-9,11-12,16-17H2,2-4H3,(H,29,34)/b10-7-. The number of amides is 1. The van der Waals surface area contributed by atoms with Gasteiger partial charge in [-0.15, -0.1) is 0 Å². The lowest BCUT2D eigenvalue weighted by Gasteiger charge is -2.37. The average molecular weight is 487 g/mol. The summed E-state index contributed by atoms with van der Waals surface area (Å²) in [4.78, 5) is 15.4. The minimum atomic E-state index is -1.60. The van der Waals surface area contributed by atoms with Crippen molar-refractivity contribution in [1.29, 1.82) is 0 Å². The Balaban J connectivity index is 1.99. The first-order valence-electron chi connectivity index (χ1n) is 11.9. The molecule has 0 atom stereocenters. The molecule has 2 aromatic rings. The van der Waals surface area contributed by atoms with E-state index in [2.05, 4.69) is 17.0 Å². The molecule has 1 amide bonds. The molecule has 0 radical (unpaired) electrons. The zero-order valence-corrected chi connectivity index (χ0v) is 20.6. The number of halogens is 1. The van der Waals surface area contributed by atoms with E-state index in [1.807, 2.05) is 31.7 Å². The summed E-state index contributed by atoms with van der Waals surface area (Å²) in [6, 6.07) is 3.60. The molecule has 190 valence electrons. The number of hydrogen-bond donors (Lipinski definition) is 3. The van der Waals surface area contributed by atoms with Crippen LogP contribution in [-0.4, -0.2) is 58.1 Å². The van der Waals surface area contributed by atoms with Crippen LogP contribution in [0.25, 0.3) is 6.20 Å². The van der Waals surface area contributed by atoms with Crippen LogP contribution >= 0.6 is 0 Å². The Morgan fingerprint density at radius 1 is 1.34 bits per heavy atom. The molecule has 0 unspecified atom stereocenters. The lowest BCUT2D eigenvalue weighted by atomic mass is 9.93. The summed E-state index contributed by atoms with van der Waals surface area (Å²) in [5.74, 6) is 0.239. The van der Waals surface area contributed by atoms with Crippen molar-refractivity contribution in [2.45, 2.75) is 51.6 Å². The Hall–Kier alpha value is -3.17. The summed E-state index contributed by atoms with van der Waals surface area (Å²) >= 11 is 0. The molecule has 0 aliphatic carbocycles. The first-order chi connectivity index (χ1) is 16.8. The SMILES string of the molecule is C=C/C=C\n1ncc(C(=O)Nc2cc(CC)c(OCO)cc2N2CCC(F)(CO)CC2)c1C(C)C. The summed E-state index contributed by atoms with van der Waals surface area (Å²) in [7, 11) is 0. The summed E-state index contributed by atoms with van der Waals surface area (Å²) in [6.07, 6.45) is 7.64. The number of anilines is 2. The van der Waals surface area contributed by atoms with Crippen molar-refractivity contribution in [3.05, 3.63) is 53.9 Å². The van der Waals surface area contributed by atoms with Gasteiger partial charge in [0.25, 0.3) is 5.91 Å². The molecule has 1 saturated heterocycles. The number of aryl methyl sites for hydroxylation is 1. The van der Waals surface area contributed by atoms with Crippen LogP contribution < -0.4 is 15.0 Å². The van der Waals surface area contributed by atoms with Crippen molar-refractivity contribution < 1.29 is 24.1 Å². The van der Waals surface area contributed by atoms with Crippen molar-refractivity contribution in [3.8, 4) is 5.75 Å². The van der Waals surface area contributed by atoms with Gasteiger partial charge in [0, 0.05) is 38.2 Å². The van der Waals surface area contributed by atoms with Gasteiger partial charge in [0.1, 0.15) is 11.4 Å². The number of alkyl halides is 1. The van der Waals surface area contributed by atoms with Crippen molar-refractivity contribution in [3.63, 3.8) is 0 Å². The number of allylic oxidation sites excluding steroid dienone is 2. The van der Waals surface area contributed by atoms with Gasteiger partial charge in [-0.2, -0.15) is 5.10 Å². The molecule has 9 heteroatoms. The third-order valence-electron chi connectivity index (χ3n) is 6.30. The summed E-state index contributed by atoms with van der Waals surface area (Å²) in [6.45, 7) is 9.36. The molecule has 3 rings (SSSR count). The maximum absolute atomic E-state index is 14.6. The van der Waals surface area contributed by atoms with Gasteiger partial charge in [-0.3, -0.25) is 4.79 Å². The fourth-order valence-corrected chi connectivity index (χ4v) is 4.34. The number of rotatable bonds is 10. The molecule has 1 aromatic carbocycles. The molecular weight excluding hydrogens is 451 g/mol. The molecule has 0 saturated carbocycles. The molecule has 1 aliphatic rings. The van der Waals surface area contributed by atoms with Crippen LogP contribution in [0.4, 0.5) is 15.8 Å². The van der Waals surface area contributed by atoms with E-state index in [1.165, 1.54) is 0 Å². The first kappa shape index (κ1) is 26.4. The molecule has 2 heterocycles. The molecule has 0 spiro atoms. The molecule has 35 heavy (non-hydrogen) atoms. The smallest absolute Gasteiger partial charge is 0.259 e. The van der Waals surface area contributed by atoms with Crippen LogP contribution in [0.1, 0.15) is 61.1 Å². The average Bonchev–Trinajstić information content (AvgIpc) is 3.28. The number of carbonyl (C=O) groups is 1. The van der Waals surface area contributed by atoms with Crippen molar-refractivity contribution in [2.75, 3.05) is 36.7 Å². The van der Waals surface area contributed by atoms with Gasteiger partial charge in [0.05, 0.1) is 35.4 Å². The van der Waals surface area contributed by atoms with E-state index in [0.717, 1.165) is 11.3 Å². The monoisotopic (exact) mass is 486 g/mol. The topological polar surface area (TPSA) is 99.9 Å². The number of benzene rings is 1. The Bertz CT molecular complexity index is 1070. The van der Waals surface area contributed by atoms with Crippen LogP contribution in [0, 0.1) is 0 Å². The van der Waals surface area contributed by atoms with Crippen LogP contribution in [0.2, 0.25) is 0 Å². The Morgan fingerprint density at radius 2 is 2.06 bits per heavy atom. The number of ether oxygens (including phenoxy) is 1. The van der Waals surface area contributed by atoms with E-state index in [1.54, 1.807) is 35.3 Å². The maximum Gasteiger partial charge on any atom is 0.259 e. The van der Waals surface area contributed by atoms with Gasteiger partial charge in [-0.05, 0) is 30.0 Å². The summed E-state index contributed by atoms with van der Waals surface area (Å²) in [5.41, 5.74) is 1.67. The van der Waals surface area contributed by atoms with Gasteiger partial charge in [0.15, 0.2) is 6.79 Å². The fourth-order valence-electron chi connectivity index (χ4n) is 4.34. The molecular formula is C26H35FN4O4. The normalized spacial score (nSPS) is 15.6. The second-order valence-corrected chi connectivity index (χ2v) is 8.97. The predicted molar refractivity (Wildman–Crippen MR) is 136 cm³/mol. The maximum atomic E-state index is 14.6. The predicted octanol–water partition coefficient (Wildman–Crippen LogP) is 4.11. The van der Waals surface area contributed by atoms with Crippen LogP contribution in [0.5, 0.6) is 5.75 Å². The molecule has 3 N–H and O–H groups in total. The molecule has 1 aliphatic heterocycles. The molecule has 1 aromatic heterocycles. The largest absolute Gasteiger partial charge is 0.467 e. The third-order valence-corrected chi connectivity index (χ3v) is 6.30. The quantitative estimate of drug-likeness (QED) is 0.345. The number of aliphatic hydroxyl groups excluding tert-OH is 2. The molecule has 1 fully saturated rings. The second kappa shape index (κ2) is 11.5. The minimum Gasteiger partial charge on any atom is -0.467 e. The molecule has 0 bridgehead atoms. The van der Waals surface area contributed by atoms with Crippen LogP contribution in [0.15, 0.2) is 37.1 Å². The van der Waals surface area contributed by atoms with Gasteiger partial charge in [0.2, 0.25) is 0 Å². The molecule has 8 nitrogen and oxygen atoms in total. The number of carbonyl (C=O) groups excluding carboxylic acids is 1. The van der Waals surface area contributed by atoms with Gasteiger partial charge < -0.3 is 25.2 Å². The summed E-state index contributed by atoms with van der Waals surface area (Å²) in [5, 5.41) is 26.1. The second-order valence-electron chi connectivity index (χ2n) is 8.97. The van der Waals surface area contributed by atoms with E-state index < -0.39 is 19.1 Å². The van der Waals surface area contributed by atoms with Crippen molar-refractivity contribution in [2.24, 2.45) is 0 Å². The van der Waals surface area contributed by atoms with Crippen LogP contribution in [0.3, 0.4) is 0 Å². The van der Waals surface area contributed by atoms with E-state index in [0.29, 0.717) is 42.2 Å². The minimum absolute atomic E-state index is 0.0389. The lowest BCUT2D eigenvalue weighted by Crippen LogP contribution is -2.44. The van der Waals surface area contributed by atoms with Gasteiger partial charge >= 0.3 is 0 Å². The highest BCUT2D eigenvalue weighted by Crippen LogP contribution is 2.38. The zero-order valence-electron chi connectivity index (χ0n) is 20.6. The Morgan fingerprint density at radius 3 is 2.63 bits per heavy atom. The zero-order chi connectivity index (χ0) is 25.6. The first-order valence-corrected chi connectivity index (χ1v) is 11.9. The number of piperidine rings is 1. The Kier molecular flexibility index (Phi) is 8.69. The van der Waals surface area contributed by atoms with Gasteiger partial charge in [-0.1, -0.05) is 33.4 Å². The number of hydrogen-bond acceptors (Lipinski definition) is 6. The van der Waals surface area contributed by atoms with Crippen molar-refractivity contribution >= 4 is 23.5 Å². The van der Waals surface area contributed by atoms with E-state index in [4.69, 9.17) is 4.74 Å². The lowest BCUT2D eigenvalue weighted by molar-refractivity contribution is 0.0481. The highest BCUT2D eigenvalue weighted by atomic mass is 19.1. The van der Waals surface area contributed by atoms with Gasteiger partial charge in [-0.25, -0.2) is 9.07 Å².